The van der Waals surface area contributed by atoms with Crippen molar-refractivity contribution in [2.24, 2.45) is 22.9 Å². The minimum Gasteiger partial charge on any atom is -0.502 e. The van der Waals surface area contributed by atoms with Gasteiger partial charge in [-0.2, -0.15) is 5.10 Å². The van der Waals surface area contributed by atoms with Crippen LogP contribution in [-0.2, 0) is 0 Å². The maximum atomic E-state index is 12.3. The molecule has 9 heteroatoms. The van der Waals surface area contributed by atoms with Crippen LogP contribution in [0, 0.1) is 27.9 Å². The number of nitro benzene ring substituents is 1. The van der Waals surface area contributed by atoms with Crippen LogP contribution >= 0.6 is 15.9 Å². The van der Waals surface area contributed by atoms with Crippen molar-refractivity contribution in [3.8, 4) is 5.75 Å². The predicted octanol–water partition coefficient (Wildman–Crippen LogP) is 3.66. The molecule has 2 amide bonds. The van der Waals surface area contributed by atoms with Gasteiger partial charge in [0.25, 0.3) is 0 Å². The highest BCUT2D eigenvalue weighted by Crippen LogP contribution is 2.55. The number of aromatic hydroxyl groups is 1. The van der Waals surface area contributed by atoms with E-state index >= 15 is 0 Å². The molecule has 4 aliphatic rings. The molecule has 0 atom stereocenters. The fraction of sp³-hybridized carbons (Fsp3) is 0.556. The Morgan fingerprint density at radius 1 is 1.26 bits per heavy atom. The first-order valence-electron chi connectivity index (χ1n) is 9.12. The van der Waals surface area contributed by atoms with Crippen molar-refractivity contribution in [2.75, 3.05) is 0 Å². The van der Waals surface area contributed by atoms with Crippen molar-refractivity contribution in [3.63, 3.8) is 0 Å². The summed E-state index contributed by atoms with van der Waals surface area (Å²) in [5.41, 5.74) is 2.02. The van der Waals surface area contributed by atoms with Crippen LogP contribution in [0.2, 0.25) is 0 Å². The van der Waals surface area contributed by atoms with E-state index in [2.05, 4.69) is 31.8 Å². The fourth-order valence-electron chi connectivity index (χ4n) is 5.54. The summed E-state index contributed by atoms with van der Waals surface area (Å²) in [4.78, 5) is 22.6. The van der Waals surface area contributed by atoms with E-state index in [0.29, 0.717) is 4.47 Å². The Morgan fingerprint density at radius 2 is 1.85 bits per heavy atom. The zero-order valence-corrected chi connectivity index (χ0v) is 16.2. The number of urea groups is 1. The van der Waals surface area contributed by atoms with Crippen molar-refractivity contribution in [3.05, 3.63) is 32.3 Å². The zero-order valence-electron chi connectivity index (χ0n) is 14.7. The first kappa shape index (κ1) is 18.2. The summed E-state index contributed by atoms with van der Waals surface area (Å²) >= 11 is 3.16. The molecule has 0 spiro atoms. The van der Waals surface area contributed by atoms with Gasteiger partial charge in [0.1, 0.15) is 0 Å². The number of rotatable bonds is 4. The molecule has 8 nitrogen and oxygen atoms in total. The number of phenolic OH excluding ortho intramolecular Hbond substituents is 1. The number of amides is 2. The van der Waals surface area contributed by atoms with E-state index in [-0.39, 0.29) is 17.1 Å². The number of halogens is 1. The highest BCUT2D eigenvalue weighted by atomic mass is 79.9. The molecule has 0 aliphatic heterocycles. The van der Waals surface area contributed by atoms with Gasteiger partial charge in [0.2, 0.25) is 5.75 Å². The topological polar surface area (TPSA) is 117 Å². The highest BCUT2D eigenvalue weighted by Gasteiger charge is 2.51. The zero-order chi connectivity index (χ0) is 19.2. The Bertz CT molecular complexity index is 791. The van der Waals surface area contributed by atoms with E-state index in [1.165, 1.54) is 37.6 Å². The molecule has 5 rings (SSSR count). The van der Waals surface area contributed by atoms with Crippen LogP contribution < -0.4 is 10.7 Å². The number of phenols is 1. The van der Waals surface area contributed by atoms with Crippen LogP contribution in [0.25, 0.3) is 0 Å². The van der Waals surface area contributed by atoms with E-state index in [0.717, 1.165) is 37.0 Å². The van der Waals surface area contributed by atoms with Gasteiger partial charge in [0.15, 0.2) is 0 Å². The van der Waals surface area contributed by atoms with Crippen LogP contribution in [0.1, 0.15) is 44.1 Å². The monoisotopic (exact) mass is 436 g/mol. The first-order valence-corrected chi connectivity index (χ1v) is 9.91. The lowest BCUT2D eigenvalue weighted by molar-refractivity contribution is -0.385. The number of nitrogens with one attached hydrogen (secondary N) is 2. The third-order valence-electron chi connectivity index (χ3n) is 6.07. The lowest BCUT2D eigenvalue weighted by Crippen LogP contribution is -2.61. The number of nitro groups is 1. The van der Waals surface area contributed by atoms with Gasteiger partial charge >= 0.3 is 11.7 Å². The lowest BCUT2D eigenvalue weighted by atomic mass is 9.53. The van der Waals surface area contributed by atoms with E-state index in [4.69, 9.17) is 0 Å². The maximum absolute atomic E-state index is 12.3. The number of carbonyl (C=O) groups excluding carboxylic acids is 1. The second kappa shape index (κ2) is 6.78. The van der Waals surface area contributed by atoms with Gasteiger partial charge in [-0.05, 0) is 62.3 Å². The van der Waals surface area contributed by atoms with Crippen LogP contribution in [0.4, 0.5) is 10.5 Å². The lowest BCUT2D eigenvalue weighted by Gasteiger charge is -2.56. The van der Waals surface area contributed by atoms with Crippen molar-refractivity contribution >= 4 is 33.9 Å². The molecular formula is C18H21BrN4O4. The molecule has 0 heterocycles. The van der Waals surface area contributed by atoms with E-state index in [9.17, 15) is 20.0 Å². The van der Waals surface area contributed by atoms with Crippen molar-refractivity contribution in [1.29, 1.82) is 0 Å². The summed E-state index contributed by atoms with van der Waals surface area (Å²) in [7, 11) is 0. The number of nitrogens with zero attached hydrogens (tertiary/aromatic N) is 2. The van der Waals surface area contributed by atoms with Crippen LogP contribution in [0.15, 0.2) is 21.7 Å². The Balaban J connectivity index is 1.41. The normalized spacial score (nSPS) is 31.2. The summed E-state index contributed by atoms with van der Waals surface area (Å²) in [6, 6.07) is 2.32. The molecule has 0 unspecified atom stereocenters. The minimum atomic E-state index is -0.676. The number of hydrogen-bond acceptors (Lipinski definition) is 5. The van der Waals surface area contributed by atoms with Gasteiger partial charge in [-0.15, -0.1) is 0 Å². The number of carbonyl (C=O) groups is 1. The SMILES string of the molecule is O=C(N/N=C\c1cc(Br)cc([N+](=O)[O-])c1O)NC12CC3CC(CC(C3)C1)C2. The molecular weight excluding hydrogens is 416 g/mol. The van der Waals surface area contributed by atoms with Crippen molar-refractivity contribution in [1.82, 2.24) is 10.7 Å². The molecule has 0 radical (unpaired) electrons. The third kappa shape index (κ3) is 3.65. The quantitative estimate of drug-likeness (QED) is 0.379. The molecule has 3 N–H and O–H groups in total. The Labute approximate surface area is 164 Å². The highest BCUT2D eigenvalue weighted by molar-refractivity contribution is 9.10. The van der Waals surface area contributed by atoms with E-state index < -0.39 is 16.4 Å². The summed E-state index contributed by atoms with van der Waals surface area (Å²) in [6.07, 6.45) is 8.19. The van der Waals surface area contributed by atoms with Gasteiger partial charge < -0.3 is 10.4 Å². The van der Waals surface area contributed by atoms with E-state index in [1.54, 1.807) is 0 Å². The second-order valence-electron chi connectivity index (χ2n) is 8.14. The smallest absolute Gasteiger partial charge is 0.335 e. The molecule has 4 aliphatic carbocycles. The molecule has 27 heavy (non-hydrogen) atoms. The summed E-state index contributed by atoms with van der Waals surface area (Å²) < 4.78 is 0.437. The van der Waals surface area contributed by atoms with Gasteiger partial charge in [-0.3, -0.25) is 10.1 Å². The Kier molecular flexibility index (Phi) is 4.57. The Morgan fingerprint density at radius 3 is 2.41 bits per heavy atom. The predicted molar refractivity (Wildman–Crippen MR) is 103 cm³/mol. The number of hydrazone groups is 1. The van der Waals surface area contributed by atoms with E-state index in [1.807, 2.05) is 0 Å². The average Bonchev–Trinajstić information content (AvgIpc) is 2.55. The molecule has 1 aromatic carbocycles. The molecule has 4 bridgehead atoms. The molecule has 0 saturated heterocycles. The van der Waals surface area contributed by atoms with Crippen LogP contribution in [0.5, 0.6) is 5.75 Å². The van der Waals surface area contributed by atoms with Crippen molar-refractivity contribution < 1.29 is 14.8 Å². The molecule has 4 fully saturated rings. The largest absolute Gasteiger partial charge is 0.502 e. The second-order valence-corrected chi connectivity index (χ2v) is 9.06. The standard InChI is InChI=1S/C18H21BrN4O4/c19-14-4-13(16(24)15(5-14)23(26)27)9-20-22-17(25)21-18-6-10-1-11(7-18)3-12(2-10)8-18/h4-5,9-12,24H,1-3,6-8H2,(H2,21,22,25)/b20-9-. The van der Waals surface area contributed by atoms with Gasteiger partial charge in [-0.1, -0.05) is 15.9 Å². The van der Waals surface area contributed by atoms with Crippen LogP contribution in [0.3, 0.4) is 0 Å². The molecule has 1 aromatic rings. The first-order chi connectivity index (χ1) is 12.8. The average molecular weight is 437 g/mol. The summed E-state index contributed by atoms with van der Waals surface area (Å²) in [5, 5.41) is 27.9. The maximum Gasteiger partial charge on any atom is 0.335 e. The Hall–Kier alpha value is -2.16. The summed E-state index contributed by atoms with van der Waals surface area (Å²) in [6.45, 7) is 0. The van der Waals surface area contributed by atoms with Gasteiger partial charge in [0, 0.05) is 21.6 Å². The van der Waals surface area contributed by atoms with Gasteiger partial charge in [0.05, 0.1) is 11.1 Å². The van der Waals surface area contributed by atoms with Crippen LogP contribution in [-0.4, -0.2) is 27.8 Å². The van der Waals surface area contributed by atoms with Gasteiger partial charge in [-0.25, -0.2) is 10.2 Å². The minimum absolute atomic E-state index is 0.120. The fourth-order valence-corrected chi connectivity index (χ4v) is 6.00. The van der Waals surface area contributed by atoms with Crippen molar-refractivity contribution in [2.45, 2.75) is 44.1 Å². The summed E-state index contributed by atoms with van der Waals surface area (Å²) in [5.74, 6) is 1.67. The molecule has 4 saturated carbocycles. The molecule has 144 valence electrons. The number of hydrogen-bond donors (Lipinski definition) is 3. The third-order valence-corrected chi connectivity index (χ3v) is 6.53. The molecule has 0 aromatic heterocycles. The number of benzene rings is 1.